The predicted octanol–water partition coefficient (Wildman–Crippen LogP) is 5.51. The van der Waals surface area contributed by atoms with Crippen LogP contribution in [0.3, 0.4) is 0 Å². The molecule has 0 aliphatic carbocycles. The van der Waals surface area contributed by atoms with E-state index >= 15 is 0 Å². The molecule has 2 aromatic carbocycles. The molecule has 0 saturated carbocycles. The molecule has 3 aromatic rings. The fourth-order valence-electron chi connectivity index (χ4n) is 2.61. The maximum Gasteiger partial charge on any atom is 0.416 e. The fourth-order valence-corrected chi connectivity index (χ4v) is 3.57. The number of amides is 1. The Bertz CT molecular complexity index is 1050. The average molecular weight is 459 g/mol. The first-order chi connectivity index (χ1) is 14.2. The quantitative estimate of drug-likeness (QED) is 0.391. The van der Waals surface area contributed by atoms with Gasteiger partial charge in [-0.15, -0.1) is 10.2 Å². The molecule has 1 N–H and O–H groups in total. The van der Waals surface area contributed by atoms with Crippen LogP contribution in [0.25, 0.3) is 11.4 Å². The molecule has 3 rings (SSSR count). The molecule has 5 nitrogen and oxygen atoms in total. The van der Waals surface area contributed by atoms with E-state index in [2.05, 4.69) is 15.5 Å². The number of nitrogens with zero attached hydrogens (tertiary/aromatic N) is 3. The van der Waals surface area contributed by atoms with Crippen LogP contribution in [0.15, 0.2) is 47.6 Å². The number of alkyl halides is 3. The summed E-state index contributed by atoms with van der Waals surface area (Å²) in [5.41, 5.74) is -0.372. The summed E-state index contributed by atoms with van der Waals surface area (Å²) in [7, 11) is 0. The van der Waals surface area contributed by atoms with Gasteiger partial charge in [-0.2, -0.15) is 13.2 Å². The second-order valence-corrected chi connectivity index (χ2v) is 7.44. The summed E-state index contributed by atoms with van der Waals surface area (Å²) in [6.07, 6.45) is -4.55. The van der Waals surface area contributed by atoms with Gasteiger partial charge in [-0.3, -0.25) is 4.79 Å². The highest BCUT2D eigenvalue weighted by Crippen LogP contribution is 2.34. The Hall–Kier alpha value is -2.59. The number of aromatic nitrogens is 3. The molecular formula is C19H15ClF4N4OS. The summed E-state index contributed by atoms with van der Waals surface area (Å²) in [5.74, 6) is -0.522. The van der Waals surface area contributed by atoms with Gasteiger partial charge in [0.05, 0.1) is 22.0 Å². The summed E-state index contributed by atoms with van der Waals surface area (Å²) in [5, 5.41) is 11.0. The molecule has 0 atom stereocenters. The van der Waals surface area contributed by atoms with Crippen molar-refractivity contribution < 1.29 is 22.4 Å². The fraction of sp³-hybridized carbons (Fsp3) is 0.211. The van der Waals surface area contributed by atoms with Gasteiger partial charge in [-0.25, -0.2) is 4.39 Å². The normalized spacial score (nSPS) is 11.5. The van der Waals surface area contributed by atoms with Gasteiger partial charge >= 0.3 is 6.18 Å². The van der Waals surface area contributed by atoms with Crippen molar-refractivity contribution in [2.45, 2.75) is 24.8 Å². The number of hydrogen-bond donors (Lipinski definition) is 1. The largest absolute Gasteiger partial charge is 0.416 e. The third-order valence-electron chi connectivity index (χ3n) is 4.04. The van der Waals surface area contributed by atoms with E-state index in [-0.39, 0.29) is 22.3 Å². The lowest BCUT2D eigenvalue weighted by Gasteiger charge is -2.12. The highest BCUT2D eigenvalue weighted by atomic mass is 35.5. The Labute approximate surface area is 178 Å². The van der Waals surface area contributed by atoms with E-state index in [0.717, 1.165) is 30.0 Å². The van der Waals surface area contributed by atoms with Crippen LogP contribution in [-0.2, 0) is 17.5 Å². The molecule has 1 amide bonds. The molecule has 0 bridgehead atoms. The van der Waals surface area contributed by atoms with Crippen LogP contribution < -0.4 is 5.32 Å². The van der Waals surface area contributed by atoms with Crippen molar-refractivity contribution in [1.29, 1.82) is 0 Å². The molecule has 0 spiro atoms. The third kappa shape index (κ3) is 5.11. The first-order valence-electron chi connectivity index (χ1n) is 8.67. The minimum Gasteiger partial charge on any atom is -0.324 e. The van der Waals surface area contributed by atoms with Gasteiger partial charge in [-0.05, 0) is 49.4 Å². The number of nitrogens with one attached hydrogen (secondary N) is 1. The summed E-state index contributed by atoms with van der Waals surface area (Å²) in [6.45, 7) is 2.37. The minimum absolute atomic E-state index is 0.00308. The van der Waals surface area contributed by atoms with E-state index in [1.54, 1.807) is 16.7 Å². The van der Waals surface area contributed by atoms with Crippen LogP contribution in [0.1, 0.15) is 12.5 Å². The van der Waals surface area contributed by atoms with Crippen LogP contribution >= 0.6 is 23.4 Å². The molecule has 30 heavy (non-hydrogen) atoms. The second-order valence-electron chi connectivity index (χ2n) is 6.09. The Morgan fingerprint density at radius 2 is 1.87 bits per heavy atom. The van der Waals surface area contributed by atoms with E-state index in [9.17, 15) is 22.4 Å². The number of hydrogen-bond acceptors (Lipinski definition) is 4. The molecule has 0 fully saturated rings. The van der Waals surface area contributed by atoms with E-state index < -0.39 is 17.6 Å². The molecular weight excluding hydrogens is 444 g/mol. The van der Waals surface area contributed by atoms with E-state index in [0.29, 0.717) is 23.1 Å². The lowest BCUT2D eigenvalue weighted by atomic mass is 10.2. The van der Waals surface area contributed by atoms with Crippen molar-refractivity contribution >= 4 is 35.0 Å². The monoisotopic (exact) mass is 458 g/mol. The molecule has 158 valence electrons. The molecule has 0 aliphatic rings. The average Bonchev–Trinajstić information content (AvgIpc) is 3.10. The number of carbonyl (C=O) groups excluding carboxylic acids is 1. The van der Waals surface area contributed by atoms with Crippen molar-refractivity contribution in [2.75, 3.05) is 11.1 Å². The van der Waals surface area contributed by atoms with Crippen LogP contribution in [-0.4, -0.2) is 26.4 Å². The lowest BCUT2D eigenvalue weighted by Crippen LogP contribution is -2.16. The van der Waals surface area contributed by atoms with Crippen molar-refractivity contribution in [3.8, 4) is 11.4 Å². The van der Waals surface area contributed by atoms with Crippen molar-refractivity contribution in [1.82, 2.24) is 14.8 Å². The maximum absolute atomic E-state index is 13.1. The molecule has 0 aliphatic heterocycles. The minimum atomic E-state index is -4.55. The van der Waals surface area contributed by atoms with Gasteiger partial charge in [0.15, 0.2) is 11.0 Å². The third-order valence-corrected chi connectivity index (χ3v) is 5.33. The first-order valence-corrected chi connectivity index (χ1v) is 10.0. The smallest absolute Gasteiger partial charge is 0.324 e. The highest BCUT2D eigenvalue weighted by molar-refractivity contribution is 7.99. The second kappa shape index (κ2) is 9.05. The number of halogens is 5. The van der Waals surface area contributed by atoms with Gasteiger partial charge in [0.25, 0.3) is 0 Å². The van der Waals surface area contributed by atoms with Crippen molar-refractivity contribution in [2.24, 2.45) is 0 Å². The summed E-state index contributed by atoms with van der Waals surface area (Å²) < 4.78 is 53.5. The predicted molar refractivity (Wildman–Crippen MR) is 107 cm³/mol. The topological polar surface area (TPSA) is 59.8 Å². The van der Waals surface area contributed by atoms with E-state index in [1.807, 2.05) is 6.92 Å². The van der Waals surface area contributed by atoms with Gasteiger partial charge in [0.2, 0.25) is 5.91 Å². The maximum atomic E-state index is 13.1. The Balaban J connectivity index is 1.70. The molecule has 1 heterocycles. The van der Waals surface area contributed by atoms with Crippen molar-refractivity contribution in [3.63, 3.8) is 0 Å². The standard InChI is InChI=1S/C19H15ClF4N4OS/c1-2-28-17(11-3-6-13(21)7-4-11)26-27-18(28)30-10-16(29)25-15-9-12(19(22,23)24)5-8-14(15)20/h3-9H,2,10H2,1H3,(H,25,29). The summed E-state index contributed by atoms with van der Waals surface area (Å²) in [4.78, 5) is 12.2. The Kier molecular flexibility index (Phi) is 6.67. The first kappa shape index (κ1) is 22.1. The van der Waals surface area contributed by atoms with E-state index in [4.69, 9.17) is 11.6 Å². The zero-order chi connectivity index (χ0) is 21.9. The number of rotatable bonds is 6. The molecule has 0 radical (unpaired) electrons. The number of thioether (sulfide) groups is 1. The van der Waals surface area contributed by atoms with Gasteiger partial charge in [0.1, 0.15) is 5.82 Å². The van der Waals surface area contributed by atoms with E-state index in [1.165, 1.54) is 12.1 Å². The zero-order valence-electron chi connectivity index (χ0n) is 15.5. The number of anilines is 1. The molecule has 0 saturated heterocycles. The Morgan fingerprint density at radius 1 is 1.17 bits per heavy atom. The van der Waals surface area contributed by atoms with Crippen LogP contribution in [0.4, 0.5) is 23.2 Å². The summed E-state index contributed by atoms with van der Waals surface area (Å²) >= 11 is 6.97. The van der Waals surface area contributed by atoms with Gasteiger partial charge in [0, 0.05) is 12.1 Å². The van der Waals surface area contributed by atoms with Crippen LogP contribution in [0.2, 0.25) is 5.02 Å². The molecule has 11 heteroatoms. The SMILES string of the molecule is CCn1c(SCC(=O)Nc2cc(C(F)(F)F)ccc2Cl)nnc1-c1ccc(F)cc1. The lowest BCUT2D eigenvalue weighted by molar-refractivity contribution is -0.137. The van der Waals surface area contributed by atoms with Gasteiger partial charge in [-0.1, -0.05) is 23.4 Å². The molecule has 0 unspecified atom stereocenters. The molecule has 1 aromatic heterocycles. The van der Waals surface area contributed by atoms with Crippen LogP contribution in [0, 0.1) is 5.82 Å². The zero-order valence-corrected chi connectivity index (χ0v) is 17.1. The van der Waals surface area contributed by atoms with Gasteiger partial charge < -0.3 is 9.88 Å². The van der Waals surface area contributed by atoms with Crippen LogP contribution in [0.5, 0.6) is 0 Å². The summed E-state index contributed by atoms with van der Waals surface area (Å²) in [6, 6.07) is 8.46. The number of carbonyl (C=O) groups is 1. The number of benzene rings is 2. The highest BCUT2D eigenvalue weighted by Gasteiger charge is 2.31. The Morgan fingerprint density at radius 3 is 2.50 bits per heavy atom. The van der Waals surface area contributed by atoms with Crippen molar-refractivity contribution in [3.05, 3.63) is 58.9 Å².